The third-order valence-electron chi connectivity index (χ3n) is 3.02. The molecule has 4 heteroatoms. The summed E-state index contributed by atoms with van der Waals surface area (Å²) < 4.78 is 10.6. The maximum absolute atomic E-state index is 11.4. The van der Waals surface area contributed by atoms with E-state index in [1.165, 1.54) is 6.42 Å². The van der Waals surface area contributed by atoms with E-state index in [1.807, 2.05) is 0 Å². The first kappa shape index (κ1) is 14.5. The minimum Gasteiger partial charge on any atom is -0.419 e. The summed E-state index contributed by atoms with van der Waals surface area (Å²) in [7, 11) is 0. The van der Waals surface area contributed by atoms with E-state index in [-0.39, 0.29) is 0 Å². The molecule has 100 valence electrons. The molecule has 0 amide bonds. The zero-order chi connectivity index (χ0) is 13.4. The molecule has 0 aromatic carbocycles. The van der Waals surface area contributed by atoms with Crippen molar-refractivity contribution in [2.45, 2.75) is 50.7 Å². The van der Waals surface area contributed by atoms with Crippen molar-refractivity contribution in [2.24, 2.45) is 0 Å². The predicted molar refractivity (Wildman–Crippen MR) is 67.6 cm³/mol. The Morgan fingerprint density at radius 3 is 1.61 bits per heavy atom. The number of esters is 2. The lowest BCUT2D eigenvalue weighted by atomic mass is 9.95. The van der Waals surface area contributed by atoms with Gasteiger partial charge in [-0.3, -0.25) is 0 Å². The molecule has 0 atom stereocenters. The van der Waals surface area contributed by atoms with Crippen LogP contribution in [-0.2, 0) is 19.1 Å². The van der Waals surface area contributed by atoms with E-state index in [2.05, 4.69) is 13.2 Å². The SMILES string of the molecule is C=CC(=O)OC1(OC(=O)C=C)CCCCCCC1. The molecule has 1 aliphatic rings. The van der Waals surface area contributed by atoms with Gasteiger partial charge in [0.25, 0.3) is 5.79 Å². The fourth-order valence-corrected chi connectivity index (χ4v) is 2.12. The molecular formula is C14H20O4. The highest BCUT2D eigenvalue weighted by Crippen LogP contribution is 2.31. The van der Waals surface area contributed by atoms with Crippen LogP contribution >= 0.6 is 0 Å². The first-order chi connectivity index (χ1) is 8.62. The van der Waals surface area contributed by atoms with Gasteiger partial charge in [-0.2, -0.15) is 0 Å². The highest BCUT2D eigenvalue weighted by atomic mass is 16.7. The Labute approximate surface area is 108 Å². The minimum absolute atomic E-state index is 0.534. The average Bonchev–Trinajstić information content (AvgIpc) is 2.33. The summed E-state index contributed by atoms with van der Waals surface area (Å²) >= 11 is 0. The van der Waals surface area contributed by atoms with Gasteiger partial charge in [0.05, 0.1) is 0 Å². The van der Waals surface area contributed by atoms with Crippen molar-refractivity contribution in [2.75, 3.05) is 0 Å². The van der Waals surface area contributed by atoms with E-state index in [0.717, 1.165) is 37.8 Å². The molecule has 4 nitrogen and oxygen atoms in total. The number of rotatable bonds is 4. The largest absolute Gasteiger partial charge is 0.419 e. The van der Waals surface area contributed by atoms with Crippen LogP contribution in [0.15, 0.2) is 25.3 Å². The van der Waals surface area contributed by atoms with E-state index in [0.29, 0.717) is 12.8 Å². The van der Waals surface area contributed by atoms with Crippen molar-refractivity contribution in [3.63, 3.8) is 0 Å². The van der Waals surface area contributed by atoms with Crippen molar-refractivity contribution in [3.05, 3.63) is 25.3 Å². The molecule has 0 saturated heterocycles. The smallest absolute Gasteiger partial charge is 0.333 e. The summed E-state index contributed by atoms with van der Waals surface area (Å²) in [5, 5.41) is 0. The summed E-state index contributed by atoms with van der Waals surface area (Å²) in [5.41, 5.74) is 0. The van der Waals surface area contributed by atoms with Crippen LogP contribution < -0.4 is 0 Å². The van der Waals surface area contributed by atoms with Crippen LogP contribution in [0.1, 0.15) is 44.9 Å². The van der Waals surface area contributed by atoms with Gasteiger partial charge in [0.1, 0.15) is 0 Å². The Morgan fingerprint density at radius 2 is 1.22 bits per heavy atom. The second-order valence-electron chi connectivity index (χ2n) is 4.43. The molecule has 0 N–H and O–H groups in total. The zero-order valence-corrected chi connectivity index (χ0v) is 10.7. The van der Waals surface area contributed by atoms with Crippen LogP contribution in [0, 0.1) is 0 Å². The normalized spacial score (nSPS) is 18.9. The van der Waals surface area contributed by atoms with Crippen LogP contribution in [0.2, 0.25) is 0 Å². The molecule has 0 aromatic rings. The second kappa shape index (κ2) is 6.99. The van der Waals surface area contributed by atoms with Gasteiger partial charge in [-0.05, 0) is 12.8 Å². The first-order valence-electron chi connectivity index (χ1n) is 6.33. The van der Waals surface area contributed by atoms with Crippen LogP contribution in [0.25, 0.3) is 0 Å². The van der Waals surface area contributed by atoms with Crippen LogP contribution in [0.5, 0.6) is 0 Å². The number of carbonyl (C=O) groups excluding carboxylic acids is 2. The average molecular weight is 252 g/mol. The maximum atomic E-state index is 11.4. The predicted octanol–water partition coefficient (Wildman–Crippen LogP) is 2.89. The lowest BCUT2D eigenvalue weighted by Crippen LogP contribution is -2.40. The van der Waals surface area contributed by atoms with Gasteiger partial charge in [-0.1, -0.05) is 32.4 Å². The molecule has 0 unspecified atom stereocenters. The van der Waals surface area contributed by atoms with Crippen LogP contribution in [0.4, 0.5) is 0 Å². The minimum atomic E-state index is -1.14. The molecule has 1 saturated carbocycles. The first-order valence-corrected chi connectivity index (χ1v) is 6.33. The quantitative estimate of drug-likeness (QED) is 0.438. The van der Waals surface area contributed by atoms with Crippen molar-refractivity contribution < 1.29 is 19.1 Å². The summed E-state index contributed by atoms with van der Waals surface area (Å²) in [5.74, 6) is -2.27. The fourth-order valence-electron chi connectivity index (χ4n) is 2.12. The van der Waals surface area contributed by atoms with Crippen molar-refractivity contribution in [1.82, 2.24) is 0 Å². The molecular weight excluding hydrogens is 232 g/mol. The van der Waals surface area contributed by atoms with Crippen LogP contribution in [-0.4, -0.2) is 17.7 Å². The standard InChI is InChI=1S/C14H20O4/c1-3-12(15)17-14(18-13(16)4-2)10-8-6-5-7-9-11-14/h3-4H,1-2,5-11H2. The number of ether oxygens (including phenoxy) is 2. The van der Waals surface area contributed by atoms with E-state index < -0.39 is 17.7 Å². The molecule has 18 heavy (non-hydrogen) atoms. The maximum Gasteiger partial charge on any atom is 0.333 e. The van der Waals surface area contributed by atoms with Crippen molar-refractivity contribution in [3.8, 4) is 0 Å². The van der Waals surface area contributed by atoms with E-state index >= 15 is 0 Å². The Kier molecular flexibility index (Phi) is 5.62. The third-order valence-corrected chi connectivity index (χ3v) is 3.02. The van der Waals surface area contributed by atoms with Gasteiger partial charge in [-0.25, -0.2) is 9.59 Å². The molecule has 0 aromatic heterocycles. The second-order valence-corrected chi connectivity index (χ2v) is 4.43. The Morgan fingerprint density at radius 1 is 0.833 bits per heavy atom. The number of hydrogen-bond acceptors (Lipinski definition) is 4. The van der Waals surface area contributed by atoms with Gasteiger partial charge < -0.3 is 9.47 Å². The zero-order valence-electron chi connectivity index (χ0n) is 10.7. The van der Waals surface area contributed by atoms with Gasteiger partial charge in [0.15, 0.2) is 0 Å². The molecule has 1 rings (SSSR count). The van der Waals surface area contributed by atoms with Gasteiger partial charge in [-0.15, -0.1) is 0 Å². The lowest BCUT2D eigenvalue weighted by Gasteiger charge is -2.33. The van der Waals surface area contributed by atoms with E-state index in [1.54, 1.807) is 0 Å². The van der Waals surface area contributed by atoms with Gasteiger partial charge >= 0.3 is 11.9 Å². The Hall–Kier alpha value is -1.58. The molecule has 0 spiro atoms. The Bertz CT molecular complexity index is 301. The molecule has 1 aliphatic carbocycles. The van der Waals surface area contributed by atoms with Crippen molar-refractivity contribution >= 4 is 11.9 Å². The van der Waals surface area contributed by atoms with E-state index in [9.17, 15) is 9.59 Å². The molecule has 0 heterocycles. The molecule has 0 bridgehead atoms. The molecule has 0 radical (unpaired) electrons. The fraction of sp³-hybridized carbons (Fsp3) is 0.571. The monoisotopic (exact) mass is 252 g/mol. The highest BCUT2D eigenvalue weighted by Gasteiger charge is 2.37. The third kappa shape index (κ3) is 4.35. The summed E-state index contributed by atoms with van der Waals surface area (Å²) in [6, 6.07) is 0. The Balaban J connectivity index is 2.81. The summed E-state index contributed by atoms with van der Waals surface area (Å²) in [4.78, 5) is 22.8. The van der Waals surface area contributed by atoms with Gasteiger partial charge in [0, 0.05) is 25.0 Å². The highest BCUT2D eigenvalue weighted by molar-refractivity contribution is 5.83. The lowest BCUT2D eigenvalue weighted by molar-refractivity contribution is -0.229. The molecule has 1 fully saturated rings. The number of hydrogen-bond donors (Lipinski definition) is 0. The van der Waals surface area contributed by atoms with Crippen LogP contribution in [0.3, 0.4) is 0 Å². The van der Waals surface area contributed by atoms with Crippen molar-refractivity contribution in [1.29, 1.82) is 0 Å². The summed E-state index contributed by atoms with van der Waals surface area (Å²) in [6.07, 6.45) is 8.26. The van der Waals surface area contributed by atoms with Gasteiger partial charge in [0.2, 0.25) is 0 Å². The van der Waals surface area contributed by atoms with E-state index in [4.69, 9.17) is 9.47 Å². The molecule has 0 aliphatic heterocycles. The topological polar surface area (TPSA) is 52.6 Å². The number of carbonyl (C=O) groups is 2. The summed E-state index contributed by atoms with van der Waals surface area (Å²) in [6.45, 7) is 6.73.